The Morgan fingerprint density at radius 1 is 1.19 bits per heavy atom. The Bertz CT molecular complexity index is 1240. The van der Waals surface area contributed by atoms with Crippen molar-refractivity contribution in [3.63, 3.8) is 0 Å². The molecule has 2 aromatic carbocycles. The fourth-order valence-electron chi connectivity index (χ4n) is 2.67. The largest absolute Gasteiger partial charge is 0.496 e. The van der Waals surface area contributed by atoms with Gasteiger partial charge in [0, 0.05) is 24.1 Å². The second-order valence-corrected chi connectivity index (χ2v) is 7.15. The Morgan fingerprint density at radius 3 is 2.71 bits per heavy atom. The molecule has 0 aliphatic rings. The predicted molar refractivity (Wildman–Crippen MR) is 120 cm³/mol. The summed E-state index contributed by atoms with van der Waals surface area (Å²) >= 11 is 3.38. The predicted octanol–water partition coefficient (Wildman–Crippen LogP) is 4.10. The zero-order chi connectivity index (χ0) is 22.4. The van der Waals surface area contributed by atoms with E-state index in [0.29, 0.717) is 11.1 Å². The van der Waals surface area contributed by atoms with E-state index in [1.54, 1.807) is 43.5 Å². The summed E-state index contributed by atoms with van der Waals surface area (Å²) in [5, 5.41) is 3.04. The summed E-state index contributed by atoms with van der Waals surface area (Å²) in [6.45, 7) is 3.73. The summed E-state index contributed by atoms with van der Waals surface area (Å²) in [6.07, 6.45) is 4.38. The molecule has 31 heavy (non-hydrogen) atoms. The van der Waals surface area contributed by atoms with Crippen molar-refractivity contribution in [3.8, 4) is 11.5 Å². The molecule has 3 aromatic rings. The van der Waals surface area contributed by atoms with Crippen molar-refractivity contribution < 1.29 is 23.5 Å². The van der Waals surface area contributed by atoms with E-state index in [4.69, 9.17) is 13.9 Å². The van der Waals surface area contributed by atoms with Gasteiger partial charge in [0.2, 0.25) is 0 Å². The van der Waals surface area contributed by atoms with E-state index < -0.39 is 17.5 Å². The minimum atomic E-state index is -0.789. The minimum absolute atomic E-state index is 0.118. The number of halogens is 1. The quantitative estimate of drug-likeness (QED) is 0.179. The SMILES string of the molecule is C=CCNC(=O)c1cc2ccc(OC(=O)/C=C/c3ccc(OC)c(Br)c3)cc2oc1=O. The van der Waals surface area contributed by atoms with Crippen LogP contribution in [0.2, 0.25) is 0 Å². The molecule has 8 heteroatoms. The van der Waals surface area contributed by atoms with E-state index in [1.807, 2.05) is 0 Å². The molecule has 0 fully saturated rings. The number of rotatable bonds is 7. The van der Waals surface area contributed by atoms with E-state index in [0.717, 1.165) is 10.0 Å². The van der Waals surface area contributed by atoms with Gasteiger partial charge in [-0.05, 0) is 57.9 Å². The van der Waals surface area contributed by atoms with Crippen LogP contribution in [-0.2, 0) is 4.79 Å². The summed E-state index contributed by atoms with van der Waals surface area (Å²) in [6, 6.07) is 11.3. The lowest BCUT2D eigenvalue weighted by atomic mass is 10.1. The van der Waals surface area contributed by atoms with Gasteiger partial charge in [0.15, 0.2) is 0 Å². The highest BCUT2D eigenvalue weighted by Gasteiger charge is 2.14. The standard InChI is InChI=1S/C23H18BrNO6/c1-3-10-25-22(27)17-12-15-6-7-16(13-20(15)31-23(17)28)30-21(26)9-5-14-4-8-19(29-2)18(24)11-14/h3-9,11-13H,1,10H2,2H3,(H,25,27)/b9-5+. The third-order valence-corrected chi connectivity index (χ3v) is 4.78. The van der Waals surface area contributed by atoms with E-state index in [1.165, 1.54) is 24.3 Å². The average Bonchev–Trinajstić information content (AvgIpc) is 2.75. The Labute approximate surface area is 186 Å². The number of amides is 1. The summed E-state index contributed by atoms with van der Waals surface area (Å²) in [5.41, 5.74) is 0.0604. The second-order valence-electron chi connectivity index (χ2n) is 6.29. The summed E-state index contributed by atoms with van der Waals surface area (Å²) in [5.74, 6) is -0.279. The highest BCUT2D eigenvalue weighted by atomic mass is 79.9. The third kappa shape index (κ3) is 5.49. The first-order valence-electron chi connectivity index (χ1n) is 9.11. The fraction of sp³-hybridized carbons (Fsp3) is 0.0870. The Balaban J connectivity index is 1.75. The van der Waals surface area contributed by atoms with Gasteiger partial charge in [-0.2, -0.15) is 0 Å². The Hall–Kier alpha value is -3.65. The smallest absolute Gasteiger partial charge is 0.349 e. The lowest BCUT2D eigenvalue weighted by Crippen LogP contribution is -2.28. The molecule has 0 aliphatic heterocycles. The molecule has 0 saturated heterocycles. The summed E-state index contributed by atoms with van der Waals surface area (Å²) in [7, 11) is 1.57. The van der Waals surface area contributed by atoms with Crippen LogP contribution in [0.3, 0.4) is 0 Å². The number of benzene rings is 2. The number of fused-ring (bicyclic) bond motifs is 1. The molecule has 0 radical (unpaired) electrons. The molecule has 0 unspecified atom stereocenters. The monoisotopic (exact) mass is 483 g/mol. The molecule has 158 valence electrons. The van der Waals surface area contributed by atoms with Crippen LogP contribution in [0.15, 0.2) is 74.9 Å². The van der Waals surface area contributed by atoms with Gasteiger partial charge in [-0.25, -0.2) is 9.59 Å². The third-order valence-electron chi connectivity index (χ3n) is 4.17. The molecular weight excluding hydrogens is 466 g/mol. The molecule has 0 aliphatic carbocycles. The zero-order valence-corrected chi connectivity index (χ0v) is 18.1. The van der Waals surface area contributed by atoms with Gasteiger partial charge in [-0.1, -0.05) is 12.1 Å². The van der Waals surface area contributed by atoms with Crippen molar-refractivity contribution in [2.24, 2.45) is 0 Å². The number of hydrogen-bond acceptors (Lipinski definition) is 6. The van der Waals surface area contributed by atoms with E-state index in [-0.39, 0.29) is 23.4 Å². The first kappa shape index (κ1) is 22.0. The molecule has 0 bridgehead atoms. The van der Waals surface area contributed by atoms with E-state index in [2.05, 4.69) is 27.8 Å². The van der Waals surface area contributed by atoms with Crippen molar-refractivity contribution in [3.05, 3.63) is 87.2 Å². The van der Waals surface area contributed by atoms with Crippen molar-refractivity contribution >= 4 is 44.9 Å². The molecule has 7 nitrogen and oxygen atoms in total. The number of methoxy groups -OCH3 is 1. The van der Waals surface area contributed by atoms with Crippen molar-refractivity contribution in [1.82, 2.24) is 5.32 Å². The van der Waals surface area contributed by atoms with Gasteiger partial charge in [-0.3, -0.25) is 4.79 Å². The first-order chi connectivity index (χ1) is 14.9. The van der Waals surface area contributed by atoms with E-state index in [9.17, 15) is 14.4 Å². The van der Waals surface area contributed by atoms with Gasteiger partial charge >= 0.3 is 11.6 Å². The lowest BCUT2D eigenvalue weighted by Gasteiger charge is -2.05. The van der Waals surface area contributed by atoms with Crippen LogP contribution in [-0.4, -0.2) is 25.5 Å². The summed E-state index contributed by atoms with van der Waals surface area (Å²) < 4.78 is 16.4. The number of carbonyl (C=O) groups is 2. The number of hydrogen-bond donors (Lipinski definition) is 1. The van der Waals surface area contributed by atoms with Gasteiger partial charge in [0.25, 0.3) is 5.91 Å². The van der Waals surface area contributed by atoms with Crippen molar-refractivity contribution in [2.45, 2.75) is 0 Å². The zero-order valence-electron chi connectivity index (χ0n) is 16.5. The maximum Gasteiger partial charge on any atom is 0.349 e. The van der Waals surface area contributed by atoms with Crippen molar-refractivity contribution in [2.75, 3.05) is 13.7 Å². The lowest BCUT2D eigenvalue weighted by molar-refractivity contribution is -0.128. The van der Waals surface area contributed by atoms with Gasteiger partial charge in [0.05, 0.1) is 11.6 Å². The summed E-state index contributed by atoms with van der Waals surface area (Å²) in [4.78, 5) is 36.3. The maximum atomic E-state index is 12.1. The van der Waals surface area contributed by atoms with Crippen molar-refractivity contribution in [1.29, 1.82) is 0 Å². The average molecular weight is 484 g/mol. The molecule has 1 heterocycles. The van der Waals surface area contributed by atoms with Crippen LogP contribution in [0.5, 0.6) is 11.5 Å². The molecular formula is C23H18BrNO6. The molecule has 0 spiro atoms. The Morgan fingerprint density at radius 2 is 2.00 bits per heavy atom. The number of carbonyl (C=O) groups excluding carboxylic acids is 2. The van der Waals surface area contributed by atoms with Crippen LogP contribution in [0.25, 0.3) is 17.0 Å². The topological polar surface area (TPSA) is 94.8 Å². The second kappa shape index (κ2) is 9.90. The first-order valence-corrected chi connectivity index (χ1v) is 9.91. The van der Waals surface area contributed by atoms with E-state index >= 15 is 0 Å². The Kier molecular flexibility index (Phi) is 7.04. The molecule has 0 atom stereocenters. The molecule has 1 amide bonds. The van der Waals surface area contributed by atoms with Gasteiger partial charge < -0.3 is 19.2 Å². The molecule has 1 aromatic heterocycles. The van der Waals surface area contributed by atoms with Crippen LogP contribution in [0.1, 0.15) is 15.9 Å². The van der Waals surface area contributed by atoms with Crippen LogP contribution in [0, 0.1) is 0 Å². The molecule has 0 saturated carbocycles. The highest BCUT2D eigenvalue weighted by molar-refractivity contribution is 9.10. The van der Waals surface area contributed by atoms with Crippen LogP contribution >= 0.6 is 15.9 Å². The van der Waals surface area contributed by atoms with Crippen LogP contribution in [0.4, 0.5) is 0 Å². The molecule has 3 rings (SSSR count). The van der Waals surface area contributed by atoms with Gasteiger partial charge in [-0.15, -0.1) is 6.58 Å². The minimum Gasteiger partial charge on any atom is -0.496 e. The fourth-order valence-corrected chi connectivity index (χ4v) is 3.23. The van der Waals surface area contributed by atoms with Gasteiger partial charge in [0.1, 0.15) is 22.6 Å². The highest BCUT2D eigenvalue weighted by Crippen LogP contribution is 2.26. The molecule has 1 N–H and O–H groups in total. The number of nitrogens with one attached hydrogen (secondary N) is 1. The maximum absolute atomic E-state index is 12.1. The number of esters is 1. The van der Waals surface area contributed by atoms with Crippen LogP contribution < -0.4 is 20.4 Å². The normalized spacial score (nSPS) is 10.8. The number of ether oxygens (including phenoxy) is 2.